The molecule has 0 aromatic heterocycles. The van der Waals surface area contributed by atoms with Crippen LogP contribution in [0.5, 0.6) is 0 Å². The summed E-state index contributed by atoms with van der Waals surface area (Å²) in [5.74, 6) is -1.81. The molecule has 7 aliphatic rings. The Hall–Kier alpha value is -3.38. The van der Waals surface area contributed by atoms with Crippen molar-refractivity contribution in [1.82, 2.24) is 40.9 Å². The van der Waals surface area contributed by atoms with Crippen LogP contribution in [-0.2, 0) is 38.0 Å². The Morgan fingerprint density at radius 1 is 0.512 bits per heavy atom. The van der Waals surface area contributed by atoms with Crippen molar-refractivity contribution in [3.05, 3.63) is 0 Å². The number of unbranched alkanes of at least 4 members (excludes halogenated alkanes) is 10. The van der Waals surface area contributed by atoms with Crippen LogP contribution in [0.4, 0.5) is 9.59 Å². The Morgan fingerprint density at radius 3 is 1.23 bits per heavy atom. The molecule has 6 aliphatic heterocycles. The summed E-state index contributed by atoms with van der Waals surface area (Å²) >= 11 is 11.1. The molecule has 6 heterocycles. The largest absolute Gasteiger partial charge is 0.394 e. The van der Waals surface area contributed by atoms with E-state index in [0.717, 1.165) is 74.0 Å². The molecule has 1 saturated carbocycles. The van der Waals surface area contributed by atoms with Crippen molar-refractivity contribution < 1.29 is 98.7 Å². The van der Waals surface area contributed by atoms with Crippen molar-refractivity contribution >= 4 is 58.5 Å². The van der Waals surface area contributed by atoms with Crippen molar-refractivity contribution in [1.29, 1.82) is 0 Å². The fraction of sp³-hybridized carbons (Fsp3) is 0.889. The van der Waals surface area contributed by atoms with Crippen LogP contribution >= 0.6 is 24.4 Å². The number of nitrogens with one attached hydrogen (secondary N) is 4. The van der Waals surface area contributed by atoms with Gasteiger partial charge in [-0.3, -0.25) is 29.2 Å². The van der Waals surface area contributed by atoms with E-state index in [4.69, 9.17) is 52.9 Å². The molecule has 0 radical (unpaired) electrons. The van der Waals surface area contributed by atoms with Crippen molar-refractivity contribution in [3.63, 3.8) is 0 Å². The first kappa shape index (κ1) is 68.1. The third-order valence-corrected chi connectivity index (χ3v) is 18.5. The number of nitrogens with zero attached hydrogens (tertiary/aromatic N) is 4. The summed E-state index contributed by atoms with van der Waals surface area (Å²) in [5.41, 5.74) is -3.92. The zero-order valence-electron chi connectivity index (χ0n) is 48.5. The van der Waals surface area contributed by atoms with Gasteiger partial charge in [-0.05, 0) is 51.1 Å². The van der Waals surface area contributed by atoms with Gasteiger partial charge in [-0.15, -0.1) is 0 Å². The lowest BCUT2D eigenvalue weighted by molar-refractivity contribution is -0.302. The molecule has 7 fully saturated rings. The Morgan fingerprint density at radius 2 is 0.869 bits per heavy atom. The molecule has 1 aliphatic carbocycles. The van der Waals surface area contributed by atoms with E-state index < -0.39 is 185 Å². The second-order valence-corrected chi connectivity index (χ2v) is 24.2. The fourth-order valence-corrected chi connectivity index (χ4v) is 13.1. The number of rotatable bonds is 30. The molecular weight excluding hydrogens is 1140 g/mol. The number of aliphatic hydroxyl groups is 10. The molecular formula is C54H92N8O20S2. The van der Waals surface area contributed by atoms with Gasteiger partial charge < -0.3 is 101 Å². The van der Waals surface area contributed by atoms with Gasteiger partial charge >= 0.3 is 12.1 Å². The molecule has 0 aromatic carbocycles. The normalized spacial score (nSPS) is 37.7. The van der Waals surface area contributed by atoms with Gasteiger partial charge in [0.15, 0.2) is 22.8 Å². The lowest BCUT2D eigenvalue weighted by Gasteiger charge is -2.73. The van der Waals surface area contributed by atoms with Crippen molar-refractivity contribution in [2.24, 2.45) is 10.8 Å². The highest BCUT2D eigenvalue weighted by molar-refractivity contribution is 7.80. The van der Waals surface area contributed by atoms with E-state index in [1.165, 1.54) is 36.5 Å². The Bertz CT molecular complexity index is 2070. The average molecular weight is 1240 g/mol. The van der Waals surface area contributed by atoms with E-state index in [0.29, 0.717) is 23.3 Å². The molecule has 0 bridgehead atoms. The molecule has 84 heavy (non-hydrogen) atoms. The van der Waals surface area contributed by atoms with Crippen LogP contribution in [0.25, 0.3) is 0 Å². The molecule has 0 spiro atoms. The van der Waals surface area contributed by atoms with E-state index in [-0.39, 0.29) is 25.9 Å². The van der Waals surface area contributed by atoms with E-state index in [1.54, 1.807) is 0 Å². The smallest absolute Gasteiger partial charge is 0.329 e. The summed E-state index contributed by atoms with van der Waals surface area (Å²) in [4.78, 5) is 65.8. The minimum absolute atomic E-state index is 0.00876. The fourth-order valence-electron chi connectivity index (χ4n) is 12.8. The molecule has 6 saturated heterocycles. The maximum Gasteiger partial charge on any atom is 0.329 e. The summed E-state index contributed by atoms with van der Waals surface area (Å²) < 4.78 is 35.6. The Balaban J connectivity index is 1.17. The van der Waals surface area contributed by atoms with E-state index in [1.807, 2.05) is 0 Å². The quantitative estimate of drug-likeness (QED) is 0.0261. The van der Waals surface area contributed by atoms with Crippen LogP contribution in [0.1, 0.15) is 118 Å². The third-order valence-electron chi connectivity index (χ3n) is 17.9. The lowest BCUT2D eigenvalue weighted by atomic mass is 9.41. The van der Waals surface area contributed by atoms with E-state index >= 15 is 19.2 Å². The number of carbonyl (C=O) groups excluding carboxylic acids is 4. The molecule has 14 N–H and O–H groups in total. The number of thiocarbonyl (C=S) groups is 2. The van der Waals surface area contributed by atoms with Crippen molar-refractivity contribution in [2.75, 3.05) is 65.7 Å². The molecule has 30 heteroatoms. The molecule has 20 atom stereocenters. The SMILES string of the molecule is CCCCCCCCNC(=S)NC[C@H]1O[C@@H](N2C(=O)N(CCO[C@H]3O[C@H](CO)[C@@H](O)[C@H](O)[C@@H]3O)C(=O)C3(C)C2C2N([C@H]4C[C@H](O)[C@@H](CNC(=S)NCCCCCCCC)O4)C(=O)N(CCO[C@H]4O[C@@H](CO)C(O)[C@H](O)[C@@H]4O)C(=O)C23C)C[C@@H]1O. The molecule has 0 aromatic rings. The summed E-state index contributed by atoms with van der Waals surface area (Å²) in [6.45, 7) is 4.67. The highest BCUT2D eigenvalue weighted by Crippen LogP contribution is 2.66. The monoisotopic (exact) mass is 1240 g/mol. The van der Waals surface area contributed by atoms with Crippen molar-refractivity contribution in [3.8, 4) is 0 Å². The number of carbonyl (C=O) groups is 4. The summed E-state index contributed by atoms with van der Waals surface area (Å²) in [7, 11) is 0. The first-order valence-corrected chi connectivity index (χ1v) is 30.8. The minimum Gasteiger partial charge on any atom is -0.394 e. The topological polar surface area (TPSA) is 387 Å². The number of urea groups is 2. The maximum absolute atomic E-state index is 15.5. The number of fused-ring (bicyclic) bond motifs is 4. The summed E-state index contributed by atoms with van der Waals surface area (Å²) in [6.07, 6.45) is -11.2. The van der Waals surface area contributed by atoms with Gasteiger partial charge in [0.05, 0.1) is 74.6 Å². The average Bonchev–Trinajstić information content (AvgIpc) is 0.727. The minimum atomic E-state index is -1.96. The van der Waals surface area contributed by atoms with Gasteiger partial charge in [0.1, 0.15) is 73.5 Å². The second-order valence-electron chi connectivity index (χ2n) is 23.4. The van der Waals surface area contributed by atoms with Crippen molar-refractivity contribution in [2.45, 2.75) is 228 Å². The third kappa shape index (κ3) is 14.4. The predicted molar refractivity (Wildman–Crippen MR) is 304 cm³/mol. The highest BCUT2D eigenvalue weighted by atomic mass is 32.1. The van der Waals surface area contributed by atoms with Gasteiger partial charge in [0.25, 0.3) is 0 Å². The van der Waals surface area contributed by atoms with Gasteiger partial charge in [0, 0.05) is 39.0 Å². The van der Waals surface area contributed by atoms with Crippen LogP contribution in [0.3, 0.4) is 0 Å². The zero-order chi connectivity index (χ0) is 61.2. The molecule has 6 amide bonds. The molecule has 7 rings (SSSR count). The summed E-state index contributed by atoms with van der Waals surface area (Å²) in [6, 6.07) is -4.72. The second kappa shape index (κ2) is 30.7. The number of ether oxygens (including phenoxy) is 6. The molecule has 28 nitrogen and oxygen atoms in total. The number of hydrogen-bond donors (Lipinski definition) is 14. The van der Waals surface area contributed by atoms with Crippen LogP contribution in [0, 0.1) is 10.8 Å². The Kier molecular flexibility index (Phi) is 24.9. The zero-order valence-corrected chi connectivity index (χ0v) is 50.2. The van der Waals surface area contributed by atoms with E-state index in [9.17, 15) is 51.1 Å². The number of aliphatic hydroxyl groups excluding tert-OH is 10. The van der Waals surface area contributed by atoms with Crippen LogP contribution < -0.4 is 21.3 Å². The lowest BCUT2D eigenvalue weighted by Crippen LogP contribution is -2.92. The van der Waals surface area contributed by atoms with Gasteiger partial charge in [-0.2, -0.15) is 0 Å². The predicted octanol–water partition coefficient (Wildman–Crippen LogP) is -2.49. The standard InChI is InChI=1S/C54H92N8O20S2/c1-5-7-9-11-13-15-17-55-49(83)57-25-31-29(65)23-35(79-31)61-43-44-54(4,53(43,3)47(73)59(51(61)75)19-21-77-45-41(71)39(69)37(67)33(27-63)81-45)48(74)60(20-22-78-46-42(72)40(70)38(68)34(28-64)82-46)52(76)62(44)36-24-30(66)32(80-36)26-58-50(84)56-18-16-14-12-10-8-6-2/h29-46,63-72H,5-28H2,1-4H3,(H2,55,57,83)(H2,56,58,84)/t29-,30-,31+,32+,33-,34+,35+,36+,37?,38+,39-,40-,41-,42-,43?,44?,45-,46-,53?,54?/m0/s1. The van der Waals surface area contributed by atoms with E-state index in [2.05, 4.69) is 35.1 Å². The first-order chi connectivity index (χ1) is 40.1. The first-order valence-electron chi connectivity index (χ1n) is 30.0. The maximum atomic E-state index is 15.5. The van der Waals surface area contributed by atoms with Gasteiger partial charge in [0.2, 0.25) is 11.8 Å². The Labute approximate surface area is 500 Å². The molecule has 5 unspecified atom stereocenters. The number of imide groups is 2. The summed E-state index contributed by atoms with van der Waals surface area (Å²) in [5, 5.41) is 119. The van der Waals surface area contributed by atoms with Crippen LogP contribution in [-0.4, -0.2) is 281 Å². The number of amides is 6. The van der Waals surface area contributed by atoms with Crippen LogP contribution in [0.15, 0.2) is 0 Å². The van der Waals surface area contributed by atoms with Crippen LogP contribution in [0.2, 0.25) is 0 Å². The number of hydrogen-bond acceptors (Lipinski definition) is 22. The molecule has 480 valence electrons. The van der Waals surface area contributed by atoms with Gasteiger partial charge in [-0.25, -0.2) is 9.59 Å². The highest BCUT2D eigenvalue weighted by Gasteiger charge is 2.84. The van der Waals surface area contributed by atoms with Gasteiger partial charge in [-0.1, -0.05) is 78.1 Å².